The molecule has 3 rings (SSSR count). The summed E-state index contributed by atoms with van der Waals surface area (Å²) in [6.45, 7) is 2.11. The first kappa shape index (κ1) is 17.5. The third kappa shape index (κ3) is 3.66. The number of benzene rings is 2. The molecule has 0 aliphatic rings. The van der Waals surface area contributed by atoms with E-state index in [0.717, 1.165) is 11.1 Å². The smallest absolute Gasteiger partial charge is 0.251 e. The van der Waals surface area contributed by atoms with Gasteiger partial charge in [-0.25, -0.2) is 0 Å². The van der Waals surface area contributed by atoms with Crippen molar-refractivity contribution >= 4 is 5.91 Å². The molecular formula is C19H19N3O4. The maximum atomic E-state index is 12.3. The molecule has 26 heavy (non-hydrogen) atoms. The van der Waals surface area contributed by atoms with Gasteiger partial charge >= 0.3 is 0 Å². The summed E-state index contributed by atoms with van der Waals surface area (Å²) in [5.41, 5.74) is 2.39. The van der Waals surface area contributed by atoms with E-state index in [2.05, 4.69) is 15.5 Å². The van der Waals surface area contributed by atoms with Crippen molar-refractivity contribution in [2.24, 2.45) is 0 Å². The van der Waals surface area contributed by atoms with Crippen LogP contribution in [0.1, 0.15) is 21.8 Å². The summed E-state index contributed by atoms with van der Waals surface area (Å²) in [5.74, 6) is 1.60. The highest BCUT2D eigenvalue weighted by Crippen LogP contribution is 2.27. The quantitative estimate of drug-likeness (QED) is 0.733. The Balaban J connectivity index is 1.68. The number of aryl methyl sites for hydroxylation is 1. The normalized spacial score (nSPS) is 10.4. The Morgan fingerprint density at radius 1 is 1.12 bits per heavy atom. The maximum absolute atomic E-state index is 12.3. The van der Waals surface area contributed by atoms with Crippen LogP contribution in [0.5, 0.6) is 11.5 Å². The van der Waals surface area contributed by atoms with Gasteiger partial charge in [0.25, 0.3) is 5.91 Å². The third-order valence-corrected chi connectivity index (χ3v) is 3.90. The zero-order chi connectivity index (χ0) is 18.5. The zero-order valence-electron chi connectivity index (χ0n) is 14.8. The van der Waals surface area contributed by atoms with E-state index < -0.39 is 0 Å². The van der Waals surface area contributed by atoms with E-state index in [9.17, 15) is 4.79 Å². The fourth-order valence-corrected chi connectivity index (χ4v) is 2.50. The van der Waals surface area contributed by atoms with Gasteiger partial charge in [-0.15, -0.1) is 0 Å². The number of nitrogens with one attached hydrogen (secondary N) is 1. The van der Waals surface area contributed by atoms with E-state index in [1.165, 1.54) is 7.11 Å². The summed E-state index contributed by atoms with van der Waals surface area (Å²) in [6, 6.07) is 12.7. The zero-order valence-corrected chi connectivity index (χ0v) is 14.8. The number of aromatic nitrogens is 2. The minimum Gasteiger partial charge on any atom is -0.493 e. The topological polar surface area (TPSA) is 86.5 Å². The van der Waals surface area contributed by atoms with Gasteiger partial charge < -0.3 is 19.3 Å². The Bertz CT molecular complexity index is 921. The average molecular weight is 353 g/mol. The van der Waals surface area contributed by atoms with E-state index in [0.29, 0.717) is 28.8 Å². The Kier molecular flexibility index (Phi) is 5.17. The molecule has 3 aromatic rings. The number of carbonyl (C=O) groups excluding carboxylic acids is 1. The summed E-state index contributed by atoms with van der Waals surface area (Å²) in [5, 5.41) is 6.73. The highest BCUT2D eigenvalue weighted by molar-refractivity contribution is 5.94. The third-order valence-electron chi connectivity index (χ3n) is 3.90. The van der Waals surface area contributed by atoms with Crippen LogP contribution in [0, 0.1) is 6.92 Å². The number of rotatable bonds is 6. The fourth-order valence-electron chi connectivity index (χ4n) is 2.50. The fraction of sp³-hybridized carbons (Fsp3) is 0.211. The minimum atomic E-state index is -0.276. The predicted octanol–water partition coefficient (Wildman–Crippen LogP) is 2.99. The Morgan fingerprint density at radius 3 is 2.62 bits per heavy atom. The van der Waals surface area contributed by atoms with Gasteiger partial charge in [0, 0.05) is 11.1 Å². The van der Waals surface area contributed by atoms with Crippen molar-refractivity contribution in [3.05, 3.63) is 59.5 Å². The molecule has 0 aliphatic carbocycles. The molecule has 1 amide bonds. The van der Waals surface area contributed by atoms with Crippen molar-refractivity contribution in [3.8, 4) is 22.9 Å². The van der Waals surface area contributed by atoms with E-state index in [4.69, 9.17) is 14.0 Å². The minimum absolute atomic E-state index is 0.131. The van der Waals surface area contributed by atoms with Crippen molar-refractivity contribution in [1.82, 2.24) is 15.5 Å². The Labute approximate surface area is 150 Å². The lowest BCUT2D eigenvalue weighted by molar-refractivity contribution is 0.0946. The molecule has 1 heterocycles. The van der Waals surface area contributed by atoms with Crippen LogP contribution in [0.3, 0.4) is 0 Å². The first-order chi connectivity index (χ1) is 12.6. The summed E-state index contributed by atoms with van der Waals surface area (Å²) >= 11 is 0. The average Bonchev–Trinajstić information content (AvgIpc) is 3.14. The lowest BCUT2D eigenvalue weighted by atomic mass is 10.1. The van der Waals surface area contributed by atoms with Gasteiger partial charge in [0.2, 0.25) is 11.7 Å². The molecule has 0 saturated carbocycles. The number of amides is 1. The van der Waals surface area contributed by atoms with Gasteiger partial charge in [-0.05, 0) is 30.7 Å². The van der Waals surface area contributed by atoms with Crippen LogP contribution < -0.4 is 14.8 Å². The second-order valence-corrected chi connectivity index (χ2v) is 5.58. The molecule has 0 aliphatic heterocycles. The Morgan fingerprint density at radius 2 is 1.88 bits per heavy atom. The van der Waals surface area contributed by atoms with Crippen LogP contribution in [0.25, 0.3) is 11.4 Å². The maximum Gasteiger partial charge on any atom is 0.251 e. The largest absolute Gasteiger partial charge is 0.493 e. The van der Waals surface area contributed by atoms with E-state index in [1.807, 2.05) is 31.2 Å². The molecule has 0 spiro atoms. The highest BCUT2D eigenvalue weighted by atomic mass is 16.5. The molecule has 0 atom stereocenters. The molecule has 0 saturated heterocycles. The SMILES string of the molecule is COc1ccc(C(=O)NCc2nc(-c3ccccc3C)no2)cc1OC. The van der Waals surface area contributed by atoms with Crippen molar-refractivity contribution in [1.29, 1.82) is 0 Å². The summed E-state index contributed by atoms with van der Waals surface area (Å²) in [6.07, 6.45) is 0. The van der Waals surface area contributed by atoms with Gasteiger partial charge in [0.05, 0.1) is 20.8 Å². The number of carbonyl (C=O) groups is 1. The number of hydrogen-bond acceptors (Lipinski definition) is 6. The van der Waals surface area contributed by atoms with Crippen molar-refractivity contribution < 1.29 is 18.8 Å². The number of hydrogen-bond donors (Lipinski definition) is 1. The van der Waals surface area contributed by atoms with Gasteiger partial charge in [-0.3, -0.25) is 4.79 Å². The monoisotopic (exact) mass is 353 g/mol. The van der Waals surface area contributed by atoms with Gasteiger partial charge in [-0.1, -0.05) is 29.4 Å². The van der Waals surface area contributed by atoms with Crippen LogP contribution >= 0.6 is 0 Å². The molecule has 0 bridgehead atoms. The standard InChI is InChI=1S/C19H19N3O4/c1-12-6-4-5-7-14(12)18-21-17(26-22-18)11-20-19(23)13-8-9-15(24-2)16(10-13)25-3/h4-10H,11H2,1-3H3,(H,20,23). The van der Waals surface area contributed by atoms with Crippen LogP contribution in [-0.2, 0) is 6.54 Å². The lowest BCUT2D eigenvalue weighted by Gasteiger charge is -2.09. The molecule has 2 aromatic carbocycles. The summed E-state index contributed by atoms with van der Waals surface area (Å²) in [7, 11) is 3.06. The molecule has 7 nitrogen and oxygen atoms in total. The van der Waals surface area contributed by atoms with Crippen LogP contribution in [0.15, 0.2) is 47.0 Å². The number of methoxy groups -OCH3 is 2. The van der Waals surface area contributed by atoms with Gasteiger partial charge in [-0.2, -0.15) is 4.98 Å². The van der Waals surface area contributed by atoms with Gasteiger partial charge in [0.15, 0.2) is 11.5 Å². The second kappa shape index (κ2) is 7.69. The van der Waals surface area contributed by atoms with Crippen molar-refractivity contribution in [2.75, 3.05) is 14.2 Å². The van der Waals surface area contributed by atoms with Crippen LogP contribution in [-0.4, -0.2) is 30.3 Å². The summed E-state index contributed by atoms with van der Waals surface area (Å²) in [4.78, 5) is 16.7. The second-order valence-electron chi connectivity index (χ2n) is 5.58. The molecule has 134 valence electrons. The Hall–Kier alpha value is -3.35. The predicted molar refractivity (Wildman–Crippen MR) is 95.2 cm³/mol. The van der Waals surface area contributed by atoms with Gasteiger partial charge in [0.1, 0.15) is 0 Å². The van der Waals surface area contributed by atoms with Crippen LogP contribution in [0.2, 0.25) is 0 Å². The summed E-state index contributed by atoms with van der Waals surface area (Å²) < 4.78 is 15.6. The molecule has 0 fully saturated rings. The molecular weight excluding hydrogens is 334 g/mol. The number of ether oxygens (including phenoxy) is 2. The molecule has 1 N–H and O–H groups in total. The molecule has 1 aromatic heterocycles. The first-order valence-electron chi connectivity index (χ1n) is 8.01. The van der Waals surface area contributed by atoms with Crippen molar-refractivity contribution in [2.45, 2.75) is 13.5 Å². The molecule has 0 radical (unpaired) electrons. The first-order valence-corrected chi connectivity index (χ1v) is 8.01. The highest BCUT2D eigenvalue weighted by Gasteiger charge is 2.14. The van der Waals surface area contributed by atoms with E-state index >= 15 is 0 Å². The number of nitrogens with zero attached hydrogens (tertiary/aromatic N) is 2. The molecule has 7 heteroatoms. The van der Waals surface area contributed by atoms with E-state index in [-0.39, 0.29) is 12.5 Å². The van der Waals surface area contributed by atoms with Crippen molar-refractivity contribution in [3.63, 3.8) is 0 Å². The molecule has 0 unspecified atom stereocenters. The lowest BCUT2D eigenvalue weighted by Crippen LogP contribution is -2.23. The van der Waals surface area contributed by atoms with Crippen LogP contribution in [0.4, 0.5) is 0 Å². The van der Waals surface area contributed by atoms with E-state index in [1.54, 1.807) is 25.3 Å².